The fraction of sp³-hybridized carbons (Fsp3) is 0.333. The lowest BCUT2D eigenvalue weighted by molar-refractivity contribution is -0.146. The van der Waals surface area contributed by atoms with Gasteiger partial charge >= 0.3 is 12.1 Å². The summed E-state index contributed by atoms with van der Waals surface area (Å²) in [6.07, 6.45) is -1.94. The highest BCUT2D eigenvalue weighted by molar-refractivity contribution is 5.71. The second kappa shape index (κ2) is 6.89. The summed E-state index contributed by atoms with van der Waals surface area (Å²) in [5.41, 5.74) is -0.538. The van der Waals surface area contributed by atoms with Gasteiger partial charge in [-0.1, -0.05) is 0 Å². The van der Waals surface area contributed by atoms with Crippen LogP contribution in [0.1, 0.15) is 12.0 Å². The van der Waals surface area contributed by atoms with Crippen LogP contribution in [-0.2, 0) is 11.0 Å². The minimum atomic E-state index is -4.57. The Balaban J connectivity index is 1.73. The van der Waals surface area contributed by atoms with E-state index in [0.717, 1.165) is 21.6 Å². The van der Waals surface area contributed by atoms with Crippen LogP contribution < -0.4 is 4.90 Å². The van der Waals surface area contributed by atoms with Crippen molar-refractivity contribution in [2.24, 2.45) is 5.92 Å². The van der Waals surface area contributed by atoms with Gasteiger partial charge in [-0.3, -0.25) is 9.20 Å². The zero-order valence-corrected chi connectivity index (χ0v) is 15.1. The number of aliphatic carboxylic acids is 1. The Morgan fingerprint density at radius 2 is 1.97 bits per heavy atom. The fourth-order valence-electron chi connectivity index (χ4n) is 3.40. The van der Waals surface area contributed by atoms with Crippen LogP contribution in [0.25, 0.3) is 17.2 Å². The molecule has 0 bridgehead atoms. The number of anilines is 1. The van der Waals surface area contributed by atoms with Crippen molar-refractivity contribution in [3.63, 3.8) is 0 Å². The van der Waals surface area contributed by atoms with Crippen molar-refractivity contribution in [2.45, 2.75) is 18.5 Å². The van der Waals surface area contributed by atoms with Crippen molar-refractivity contribution in [3.8, 4) is 11.5 Å². The molecule has 0 saturated carbocycles. The first kappa shape index (κ1) is 20.0. The molecule has 1 saturated heterocycles. The molecular formula is C18H14F5N5O2. The Labute approximate surface area is 165 Å². The van der Waals surface area contributed by atoms with Crippen LogP contribution in [0, 0.1) is 5.92 Å². The first-order chi connectivity index (χ1) is 14.0. The van der Waals surface area contributed by atoms with Crippen molar-refractivity contribution in [1.29, 1.82) is 0 Å². The van der Waals surface area contributed by atoms with E-state index in [-0.39, 0.29) is 29.5 Å². The van der Waals surface area contributed by atoms with Gasteiger partial charge in [0.1, 0.15) is 17.2 Å². The average molecular weight is 427 g/mol. The van der Waals surface area contributed by atoms with E-state index in [1.165, 1.54) is 24.5 Å². The highest BCUT2D eigenvalue weighted by Crippen LogP contribution is 2.34. The summed E-state index contributed by atoms with van der Waals surface area (Å²) in [5.74, 6) is -5.82. The number of rotatable bonds is 3. The van der Waals surface area contributed by atoms with Crippen molar-refractivity contribution < 1.29 is 31.9 Å². The number of aromatic nitrogens is 4. The number of imidazole rings is 1. The smallest absolute Gasteiger partial charge is 0.417 e. The van der Waals surface area contributed by atoms with Gasteiger partial charge in [0.15, 0.2) is 5.82 Å². The molecule has 1 aliphatic rings. The lowest BCUT2D eigenvalue weighted by Gasteiger charge is -2.36. The number of carboxylic acids is 1. The molecular weight excluding hydrogens is 413 g/mol. The highest BCUT2D eigenvalue weighted by atomic mass is 19.4. The number of fused-ring (bicyclic) bond motifs is 1. The van der Waals surface area contributed by atoms with Gasteiger partial charge in [-0.2, -0.15) is 13.2 Å². The Morgan fingerprint density at radius 3 is 2.67 bits per heavy atom. The summed E-state index contributed by atoms with van der Waals surface area (Å²) in [4.78, 5) is 24.6. The van der Waals surface area contributed by atoms with Crippen LogP contribution in [-0.4, -0.2) is 49.4 Å². The molecule has 1 unspecified atom stereocenters. The molecule has 30 heavy (non-hydrogen) atoms. The molecule has 7 nitrogen and oxygen atoms in total. The van der Waals surface area contributed by atoms with Crippen LogP contribution in [0.4, 0.5) is 27.8 Å². The van der Waals surface area contributed by atoms with Gasteiger partial charge in [0.2, 0.25) is 0 Å². The summed E-state index contributed by atoms with van der Waals surface area (Å²) >= 11 is 0. The number of hydrogen-bond acceptors (Lipinski definition) is 5. The summed E-state index contributed by atoms with van der Waals surface area (Å²) in [6.45, 7) is -0.897. The first-order valence-electron chi connectivity index (χ1n) is 8.77. The SMILES string of the molecule is O=C(O)C1CN(c2ccnc(-c3cnc4ccc(C(F)(F)F)cn34)n2)CC(F)(F)C1. The number of nitrogens with zero attached hydrogens (tertiary/aromatic N) is 5. The number of piperidine rings is 1. The molecule has 0 aromatic carbocycles. The monoisotopic (exact) mass is 427 g/mol. The lowest BCUT2D eigenvalue weighted by atomic mass is 9.95. The van der Waals surface area contributed by atoms with Crippen LogP contribution in [0.5, 0.6) is 0 Å². The Kier molecular flexibility index (Phi) is 4.59. The van der Waals surface area contributed by atoms with E-state index in [4.69, 9.17) is 5.11 Å². The third kappa shape index (κ3) is 3.76. The molecule has 0 amide bonds. The first-order valence-corrected chi connectivity index (χ1v) is 8.77. The maximum absolute atomic E-state index is 14.0. The molecule has 0 aliphatic carbocycles. The summed E-state index contributed by atoms with van der Waals surface area (Å²) in [5, 5.41) is 9.15. The topological polar surface area (TPSA) is 83.6 Å². The van der Waals surface area contributed by atoms with Gasteiger partial charge in [-0.05, 0) is 18.2 Å². The Morgan fingerprint density at radius 1 is 1.20 bits per heavy atom. The number of halogens is 5. The maximum atomic E-state index is 14.0. The molecule has 3 aromatic heterocycles. The third-order valence-electron chi connectivity index (χ3n) is 4.78. The van der Waals surface area contributed by atoms with Crippen LogP contribution >= 0.6 is 0 Å². The lowest BCUT2D eigenvalue weighted by Crippen LogP contribution is -2.49. The van der Waals surface area contributed by atoms with E-state index in [1.807, 2.05) is 0 Å². The van der Waals surface area contributed by atoms with E-state index in [2.05, 4.69) is 15.0 Å². The predicted octanol–water partition coefficient (Wildman–Crippen LogP) is 3.36. The van der Waals surface area contributed by atoms with Gasteiger partial charge in [-0.25, -0.2) is 23.7 Å². The standard InChI is InChI=1S/C18H14F5N5O2/c19-17(20)5-10(16(29)30)7-27(9-17)14-3-4-24-15(26-14)12-6-25-13-2-1-11(8-28(12)13)18(21,22)23/h1-4,6,8,10H,5,7,9H2,(H,29,30). The molecule has 3 aromatic rings. The molecule has 4 heterocycles. The largest absolute Gasteiger partial charge is 0.481 e. The van der Waals surface area contributed by atoms with E-state index < -0.39 is 42.5 Å². The Hall–Kier alpha value is -3.31. The normalized spacial score (nSPS) is 19.2. The van der Waals surface area contributed by atoms with Crippen LogP contribution in [0.15, 0.2) is 36.8 Å². The molecule has 1 N–H and O–H groups in total. The maximum Gasteiger partial charge on any atom is 0.417 e. The van der Waals surface area contributed by atoms with Crippen LogP contribution in [0.3, 0.4) is 0 Å². The van der Waals surface area contributed by atoms with Gasteiger partial charge < -0.3 is 10.0 Å². The molecule has 158 valence electrons. The molecule has 0 spiro atoms. The van der Waals surface area contributed by atoms with Crippen molar-refractivity contribution in [3.05, 3.63) is 42.4 Å². The van der Waals surface area contributed by atoms with E-state index >= 15 is 0 Å². The predicted molar refractivity (Wildman–Crippen MR) is 94.1 cm³/mol. The van der Waals surface area contributed by atoms with Gasteiger partial charge in [-0.15, -0.1) is 0 Å². The number of hydrogen-bond donors (Lipinski definition) is 1. The zero-order valence-electron chi connectivity index (χ0n) is 15.1. The van der Waals surface area contributed by atoms with Gasteiger partial charge in [0.05, 0.1) is 24.2 Å². The van der Waals surface area contributed by atoms with Gasteiger partial charge in [0.25, 0.3) is 5.92 Å². The second-order valence-electron chi connectivity index (χ2n) is 7.00. The number of pyridine rings is 1. The van der Waals surface area contributed by atoms with E-state index in [0.29, 0.717) is 0 Å². The number of alkyl halides is 5. The molecule has 12 heteroatoms. The van der Waals surface area contributed by atoms with Crippen molar-refractivity contribution in [1.82, 2.24) is 19.4 Å². The van der Waals surface area contributed by atoms with Crippen molar-refractivity contribution in [2.75, 3.05) is 18.0 Å². The highest BCUT2D eigenvalue weighted by Gasteiger charge is 2.43. The fourth-order valence-corrected chi connectivity index (χ4v) is 3.40. The van der Waals surface area contributed by atoms with E-state index in [9.17, 15) is 26.7 Å². The van der Waals surface area contributed by atoms with Crippen LogP contribution in [0.2, 0.25) is 0 Å². The molecule has 0 radical (unpaired) electrons. The average Bonchev–Trinajstić information content (AvgIpc) is 3.09. The third-order valence-corrected chi connectivity index (χ3v) is 4.78. The minimum Gasteiger partial charge on any atom is -0.481 e. The summed E-state index contributed by atoms with van der Waals surface area (Å²) in [6, 6.07) is 3.43. The molecule has 1 atom stereocenters. The molecule has 1 fully saturated rings. The second-order valence-corrected chi connectivity index (χ2v) is 7.00. The zero-order chi connectivity index (χ0) is 21.7. The Bertz CT molecular complexity index is 1110. The van der Waals surface area contributed by atoms with E-state index in [1.54, 1.807) is 0 Å². The summed E-state index contributed by atoms with van der Waals surface area (Å²) in [7, 11) is 0. The minimum absolute atomic E-state index is 0.0277. The number of carbonyl (C=O) groups is 1. The van der Waals surface area contributed by atoms with Crippen molar-refractivity contribution >= 4 is 17.4 Å². The molecule has 4 rings (SSSR count). The molecule has 1 aliphatic heterocycles. The number of carboxylic acid groups (broad SMARTS) is 1. The summed E-state index contributed by atoms with van der Waals surface area (Å²) < 4.78 is 68.3. The van der Waals surface area contributed by atoms with Gasteiger partial charge in [0, 0.05) is 25.4 Å². The quantitative estimate of drug-likeness (QED) is 0.646.